The number of carbonyl (C=O) groups is 3. The SMILES string of the molecule is C=CCOC(=O)N1CCC(SC2=C(C(=O)O)N3C(=O)[C@@H](C(O[SiH3])(C(C)(C)C)C(C)(C)C)[C@@]3(SCC=C)S2)C1. The van der Waals surface area contributed by atoms with Gasteiger partial charge in [-0.1, -0.05) is 72.0 Å². The number of thioether (sulfide) groups is 3. The van der Waals surface area contributed by atoms with Crippen molar-refractivity contribution in [3.63, 3.8) is 0 Å². The Morgan fingerprint density at radius 1 is 1.21 bits per heavy atom. The fraction of sp³-hybridized carbons (Fsp3) is 0.654. The highest BCUT2D eigenvalue weighted by molar-refractivity contribution is 8.29. The molecule has 0 radical (unpaired) electrons. The molecule has 3 rings (SSSR count). The highest BCUT2D eigenvalue weighted by atomic mass is 32.2. The van der Waals surface area contributed by atoms with Crippen LogP contribution in [-0.2, 0) is 18.8 Å². The number of nitrogens with zero attached hydrogens (tertiary/aromatic N) is 2. The summed E-state index contributed by atoms with van der Waals surface area (Å²) >= 11 is 4.43. The summed E-state index contributed by atoms with van der Waals surface area (Å²) in [5.74, 6) is -1.36. The summed E-state index contributed by atoms with van der Waals surface area (Å²) in [6.45, 7) is 21.1. The summed E-state index contributed by atoms with van der Waals surface area (Å²) < 4.78 is 11.4. The Balaban J connectivity index is 2.01. The van der Waals surface area contributed by atoms with Crippen molar-refractivity contribution in [2.45, 2.75) is 63.0 Å². The Bertz CT molecular complexity index is 1020. The molecule has 0 saturated carbocycles. The zero-order valence-corrected chi connectivity index (χ0v) is 27.8. The van der Waals surface area contributed by atoms with Crippen molar-refractivity contribution in [2.75, 3.05) is 25.4 Å². The van der Waals surface area contributed by atoms with Crippen LogP contribution < -0.4 is 0 Å². The summed E-state index contributed by atoms with van der Waals surface area (Å²) in [5, 5.41) is 10.3. The van der Waals surface area contributed by atoms with Crippen molar-refractivity contribution in [1.82, 2.24) is 9.80 Å². The maximum Gasteiger partial charge on any atom is 0.410 e. The number of hydrogen-bond donors (Lipinski definition) is 1. The van der Waals surface area contributed by atoms with Gasteiger partial charge in [-0.15, -0.1) is 30.1 Å². The number of hydrogen-bond acceptors (Lipinski definition) is 8. The lowest BCUT2D eigenvalue weighted by Crippen LogP contribution is -2.78. The highest BCUT2D eigenvalue weighted by Crippen LogP contribution is 2.72. The van der Waals surface area contributed by atoms with E-state index in [2.05, 4.69) is 54.7 Å². The van der Waals surface area contributed by atoms with Gasteiger partial charge in [0, 0.05) is 24.1 Å². The van der Waals surface area contributed by atoms with Crippen LogP contribution in [0.25, 0.3) is 0 Å². The molecule has 12 heteroatoms. The molecular formula is C26H40N2O6S3Si. The van der Waals surface area contributed by atoms with Crippen LogP contribution in [0.3, 0.4) is 0 Å². The lowest BCUT2D eigenvalue weighted by atomic mass is 9.55. The minimum Gasteiger partial charge on any atom is -0.477 e. The van der Waals surface area contributed by atoms with Gasteiger partial charge in [0.1, 0.15) is 23.0 Å². The Morgan fingerprint density at radius 3 is 2.34 bits per heavy atom. The van der Waals surface area contributed by atoms with E-state index in [9.17, 15) is 19.5 Å². The van der Waals surface area contributed by atoms with Crippen molar-refractivity contribution in [1.29, 1.82) is 0 Å². The van der Waals surface area contributed by atoms with Gasteiger partial charge < -0.3 is 19.2 Å². The lowest BCUT2D eigenvalue weighted by Gasteiger charge is -2.66. The van der Waals surface area contributed by atoms with Crippen molar-refractivity contribution in [3.8, 4) is 0 Å². The number of carboxylic acids is 1. The molecule has 2 fully saturated rings. The number of aliphatic carboxylic acids is 1. The van der Waals surface area contributed by atoms with Crippen LogP contribution in [0.4, 0.5) is 4.79 Å². The Kier molecular flexibility index (Phi) is 9.25. The topological polar surface area (TPSA) is 96.4 Å². The zero-order chi connectivity index (χ0) is 28.7. The predicted molar refractivity (Wildman–Crippen MR) is 160 cm³/mol. The number of carboxylic acid groups (broad SMARTS) is 1. The molecule has 0 bridgehead atoms. The smallest absolute Gasteiger partial charge is 0.410 e. The van der Waals surface area contributed by atoms with E-state index in [1.54, 1.807) is 11.0 Å². The molecule has 0 aromatic carbocycles. The molecule has 3 heterocycles. The van der Waals surface area contributed by atoms with Crippen LogP contribution in [0.2, 0.25) is 0 Å². The minimum absolute atomic E-state index is 0.0124. The quantitative estimate of drug-likeness (QED) is 0.224. The van der Waals surface area contributed by atoms with Gasteiger partial charge in [-0.3, -0.25) is 9.69 Å². The molecule has 0 spiro atoms. The second kappa shape index (κ2) is 11.3. The molecular weight excluding hydrogens is 561 g/mol. The van der Waals surface area contributed by atoms with E-state index in [0.717, 1.165) is 0 Å². The first-order valence-electron chi connectivity index (χ1n) is 12.6. The van der Waals surface area contributed by atoms with Crippen LogP contribution in [0.5, 0.6) is 0 Å². The third kappa shape index (κ3) is 4.99. The fourth-order valence-electron chi connectivity index (χ4n) is 6.28. The number of ether oxygens (including phenoxy) is 1. The van der Waals surface area contributed by atoms with Gasteiger partial charge in [0.05, 0.1) is 9.84 Å². The van der Waals surface area contributed by atoms with Gasteiger partial charge in [-0.2, -0.15) is 0 Å². The molecule has 3 aliphatic rings. The maximum atomic E-state index is 14.1. The summed E-state index contributed by atoms with van der Waals surface area (Å²) in [6.07, 6.45) is 3.60. The average Bonchev–Trinajstić information content (AvgIpc) is 3.39. The number of fused-ring (bicyclic) bond motifs is 1. The summed E-state index contributed by atoms with van der Waals surface area (Å²) in [5.41, 5.74) is -1.61. The molecule has 3 aliphatic heterocycles. The molecule has 1 unspecified atom stereocenters. The molecule has 38 heavy (non-hydrogen) atoms. The van der Waals surface area contributed by atoms with E-state index in [0.29, 0.717) is 40.0 Å². The largest absolute Gasteiger partial charge is 0.477 e. The first kappa shape index (κ1) is 31.2. The molecule has 1 N–H and O–H groups in total. The summed E-state index contributed by atoms with van der Waals surface area (Å²) in [4.78, 5) is 42.1. The molecule has 212 valence electrons. The highest BCUT2D eigenvalue weighted by Gasteiger charge is 2.77. The monoisotopic (exact) mass is 600 g/mol. The average molecular weight is 601 g/mol. The van der Waals surface area contributed by atoms with Gasteiger partial charge in [0.15, 0.2) is 9.90 Å². The van der Waals surface area contributed by atoms with Crippen LogP contribution in [0.1, 0.15) is 48.0 Å². The van der Waals surface area contributed by atoms with Gasteiger partial charge in [0.2, 0.25) is 5.91 Å². The fourth-order valence-corrected chi connectivity index (χ4v) is 12.9. The van der Waals surface area contributed by atoms with Crippen molar-refractivity contribution in [2.24, 2.45) is 16.7 Å². The summed E-state index contributed by atoms with van der Waals surface area (Å²) in [7, 11) is 0.425. The van der Waals surface area contributed by atoms with Crippen molar-refractivity contribution >= 4 is 63.7 Å². The number of β-lactam (4-membered cyclic amide) rings is 1. The van der Waals surface area contributed by atoms with E-state index in [-0.39, 0.29) is 23.5 Å². The van der Waals surface area contributed by atoms with E-state index < -0.39 is 38.6 Å². The Morgan fingerprint density at radius 2 is 1.84 bits per heavy atom. The van der Waals surface area contributed by atoms with Crippen LogP contribution in [0.15, 0.2) is 35.2 Å². The van der Waals surface area contributed by atoms with E-state index in [4.69, 9.17) is 9.16 Å². The van der Waals surface area contributed by atoms with Gasteiger partial charge in [0.25, 0.3) is 0 Å². The molecule has 0 aromatic heterocycles. The predicted octanol–water partition coefficient (Wildman–Crippen LogP) is 4.28. The molecule has 0 aromatic rings. The lowest BCUT2D eigenvalue weighted by molar-refractivity contribution is -0.204. The van der Waals surface area contributed by atoms with Crippen molar-refractivity contribution < 1.29 is 28.7 Å². The second-order valence-electron chi connectivity index (χ2n) is 11.7. The third-order valence-electron chi connectivity index (χ3n) is 7.37. The van der Waals surface area contributed by atoms with Gasteiger partial charge >= 0.3 is 12.1 Å². The van der Waals surface area contributed by atoms with E-state index in [1.807, 2.05) is 0 Å². The molecule has 3 atom stereocenters. The number of amides is 2. The van der Waals surface area contributed by atoms with Gasteiger partial charge in [-0.05, 0) is 17.3 Å². The second-order valence-corrected chi connectivity index (χ2v) is 16.4. The Labute approximate surface area is 241 Å². The van der Waals surface area contributed by atoms with Gasteiger partial charge in [-0.25, -0.2) is 9.59 Å². The maximum absolute atomic E-state index is 14.1. The molecule has 2 saturated heterocycles. The molecule has 0 aliphatic carbocycles. The first-order valence-corrected chi connectivity index (χ1v) is 16.1. The third-order valence-corrected chi connectivity index (χ3v) is 12.6. The molecule has 8 nitrogen and oxygen atoms in total. The number of carbonyl (C=O) groups excluding carboxylic acids is 2. The minimum atomic E-state index is -1.13. The Hall–Kier alpha value is -1.34. The van der Waals surface area contributed by atoms with Crippen LogP contribution in [0, 0.1) is 16.7 Å². The van der Waals surface area contributed by atoms with E-state index in [1.165, 1.54) is 46.3 Å². The standard InChI is InChI=1S/C26H40N2O6S3Si/c1-9-13-33-22(32)27-12-11-16(15-27)36-21-17(20(30)31)28-19(29)18(26(28,37-21)35-14-10-2)25(34-38,23(3,4)5)24(6,7)8/h9-10,16,18H,1-2,11-15H2,3-8,38H3,(H,30,31)/t16?,18-,26+/m0/s1. The van der Waals surface area contributed by atoms with E-state index >= 15 is 0 Å². The normalized spacial score (nSPS) is 25.9. The van der Waals surface area contributed by atoms with Crippen molar-refractivity contribution in [3.05, 3.63) is 35.2 Å². The number of likely N-dealkylation sites (tertiary alicyclic amines) is 1. The first-order chi connectivity index (χ1) is 17.6. The zero-order valence-electron chi connectivity index (χ0n) is 23.4. The molecule has 2 amide bonds. The number of rotatable bonds is 10. The van der Waals surface area contributed by atoms with Crippen LogP contribution in [-0.4, -0.2) is 83.9 Å². The summed E-state index contributed by atoms with van der Waals surface area (Å²) in [6, 6.07) is 0. The van der Waals surface area contributed by atoms with Crippen LogP contribution >= 0.6 is 35.3 Å².